The summed E-state index contributed by atoms with van der Waals surface area (Å²) in [5.41, 5.74) is 6.69. The van der Waals surface area contributed by atoms with Gasteiger partial charge in [-0.2, -0.15) is 0 Å². The first kappa shape index (κ1) is 11.0. The van der Waals surface area contributed by atoms with E-state index in [4.69, 9.17) is 5.73 Å². The van der Waals surface area contributed by atoms with Gasteiger partial charge in [-0.15, -0.1) is 0 Å². The molecule has 0 atom stereocenters. The molecule has 1 rings (SSSR count). The Kier molecular flexibility index (Phi) is 3.95. The third-order valence-electron chi connectivity index (χ3n) is 2.14. The summed E-state index contributed by atoms with van der Waals surface area (Å²) in [5, 5.41) is 0. The van der Waals surface area contributed by atoms with Crippen LogP contribution in [0.2, 0.25) is 0 Å². The smallest absolute Gasteiger partial charge is 0.115 e. The molecule has 0 fully saturated rings. The molecule has 1 aromatic rings. The maximum absolute atomic E-state index is 12.5. The zero-order chi connectivity index (χ0) is 10.6. The average molecular weight is 203 g/mol. The van der Waals surface area contributed by atoms with Crippen LogP contribution in [0.4, 0.5) is 13.2 Å². The Hall–Kier alpha value is -1.03. The summed E-state index contributed by atoms with van der Waals surface area (Å²) in [6.45, 7) is -2.13. The molecule has 0 aliphatic heterocycles. The summed E-state index contributed by atoms with van der Waals surface area (Å²) in [5.74, 6) is 0. The fourth-order valence-corrected chi connectivity index (χ4v) is 1.45. The fourth-order valence-electron chi connectivity index (χ4n) is 1.45. The molecule has 0 aliphatic carbocycles. The molecule has 4 heteroatoms. The second-order valence-electron chi connectivity index (χ2n) is 3.00. The van der Waals surface area contributed by atoms with Crippen LogP contribution in [-0.4, -0.2) is 0 Å². The molecule has 1 aromatic carbocycles. The van der Waals surface area contributed by atoms with Crippen molar-refractivity contribution in [1.29, 1.82) is 0 Å². The van der Waals surface area contributed by atoms with Crippen molar-refractivity contribution in [2.75, 3.05) is 0 Å². The van der Waals surface area contributed by atoms with E-state index in [9.17, 15) is 13.2 Å². The maximum atomic E-state index is 12.5. The SMILES string of the molecule is NCc1c(CF)cc(CF)cc1CF. The van der Waals surface area contributed by atoms with Crippen molar-refractivity contribution in [2.45, 2.75) is 26.6 Å². The molecule has 0 spiro atoms. The molecule has 2 N–H and O–H groups in total. The van der Waals surface area contributed by atoms with Crippen LogP contribution in [0.15, 0.2) is 12.1 Å². The highest BCUT2D eigenvalue weighted by molar-refractivity contribution is 5.38. The van der Waals surface area contributed by atoms with E-state index in [2.05, 4.69) is 0 Å². The predicted molar refractivity (Wildman–Crippen MR) is 48.8 cm³/mol. The lowest BCUT2D eigenvalue weighted by Gasteiger charge is -2.10. The number of alkyl halides is 3. The third-order valence-corrected chi connectivity index (χ3v) is 2.14. The van der Waals surface area contributed by atoms with Gasteiger partial charge in [0, 0.05) is 6.54 Å². The van der Waals surface area contributed by atoms with Crippen molar-refractivity contribution in [2.24, 2.45) is 5.73 Å². The predicted octanol–water partition coefficient (Wildman–Crippen LogP) is 2.55. The molecule has 0 radical (unpaired) electrons. The largest absolute Gasteiger partial charge is 0.326 e. The molecule has 14 heavy (non-hydrogen) atoms. The lowest BCUT2D eigenvalue weighted by atomic mass is 9.99. The van der Waals surface area contributed by atoms with E-state index >= 15 is 0 Å². The van der Waals surface area contributed by atoms with E-state index in [-0.39, 0.29) is 17.7 Å². The summed E-state index contributed by atoms with van der Waals surface area (Å²) in [4.78, 5) is 0. The number of rotatable bonds is 4. The van der Waals surface area contributed by atoms with Crippen molar-refractivity contribution < 1.29 is 13.2 Å². The van der Waals surface area contributed by atoms with Crippen LogP contribution in [0.1, 0.15) is 22.3 Å². The molecule has 0 amide bonds. The van der Waals surface area contributed by atoms with Crippen LogP contribution in [0, 0.1) is 0 Å². The quantitative estimate of drug-likeness (QED) is 0.799. The van der Waals surface area contributed by atoms with E-state index in [1.54, 1.807) is 0 Å². The van der Waals surface area contributed by atoms with Gasteiger partial charge in [0.2, 0.25) is 0 Å². The number of hydrogen-bond acceptors (Lipinski definition) is 1. The molecule has 0 heterocycles. The zero-order valence-corrected chi connectivity index (χ0v) is 7.69. The van der Waals surface area contributed by atoms with Gasteiger partial charge in [-0.3, -0.25) is 0 Å². The minimum atomic E-state index is -0.743. The van der Waals surface area contributed by atoms with Crippen LogP contribution < -0.4 is 5.73 Å². The number of halogens is 3. The molecule has 0 aromatic heterocycles. The zero-order valence-electron chi connectivity index (χ0n) is 7.69. The van der Waals surface area contributed by atoms with Crippen LogP contribution in [0.25, 0.3) is 0 Å². The van der Waals surface area contributed by atoms with Crippen molar-refractivity contribution >= 4 is 0 Å². The van der Waals surface area contributed by atoms with Gasteiger partial charge in [0.05, 0.1) is 0 Å². The Morgan fingerprint density at radius 2 is 1.43 bits per heavy atom. The first-order valence-electron chi connectivity index (χ1n) is 4.28. The van der Waals surface area contributed by atoms with Crippen LogP contribution in [-0.2, 0) is 26.6 Å². The second-order valence-corrected chi connectivity index (χ2v) is 3.00. The van der Waals surface area contributed by atoms with Crippen LogP contribution in [0.5, 0.6) is 0 Å². The highest BCUT2D eigenvalue weighted by Gasteiger charge is 2.09. The Bertz CT molecular complexity index is 287. The average Bonchev–Trinajstić information content (AvgIpc) is 2.26. The summed E-state index contributed by atoms with van der Waals surface area (Å²) in [6, 6.07) is 2.78. The summed E-state index contributed by atoms with van der Waals surface area (Å²) < 4.78 is 37.3. The van der Waals surface area contributed by atoms with Gasteiger partial charge in [0.25, 0.3) is 0 Å². The van der Waals surface area contributed by atoms with Crippen molar-refractivity contribution in [3.8, 4) is 0 Å². The van der Waals surface area contributed by atoms with Gasteiger partial charge in [-0.05, 0) is 22.3 Å². The standard InChI is InChI=1S/C10H12F3N/c11-3-7-1-8(4-12)10(6-14)9(2-7)5-13/h1-2H,3-6,14H2. The van der Waals surface area contributed by atoms with Crippen molar-refractivity contribution in [3.63, 3.8) is 0 Å². The van der Waals surface area contributed by atoms with Gasteiger partial charge >= 0.3 is 0 Å². The van der Waals surface area contributed by atoms with Crippen LogP contribution in [0.3, 0.4) is 0 Å². The minimum absolute atomic E-state index is 0.0745. The lowest BCUT2D eigenvalue weighted by molar-refractivity contribution is 0.460. The third kappa shape index (κ3) is 2.07. The number of benzene rings is 1. The molecule has 0 saturated carbocycles. The highest BCUT2D eigenvalue weighted by Crippen LogP contribution is 2.20. The van der Waals surface area contributed by atoms with E-state index < -0.39 is 20.0 Å². The number of hydrogen-bond donors (Lipinski definition) is 1. The van der Waals surface area contributed by atoms with Crippen LogP contribution >= 0.6 is 0 Å². The highest BCUT2D eigenvalue weighted by atomic mass is 19.1. The molecular weight excluding hydrogens is 191 g/mol. The molecule has 0 saturated heterocycles. The second kappa shape index (κ2) is 5.00. The Labute approximate surface area is 80.7 Å². The maximum Gasteiger partial charge on any atom is 0.115 e. The summed E-state index contributed by atoms with van der Waals surface area (Å²) in [7, 11) is 0. The topological polar surface area (TPSA) is 26.0 Å². The normalized spacial score (nSPS) is 10.6. The minimum Gasteiger partial charge on any atom is -0.326 e. The first-order chi connectivity index (χ1) is 6.76. The Morgan fingerprint density at radius 3 is 1.71 bits per heavy atom. The number of nitrogens with two attached hydrogens (primary N) is 1. The van der Waals surface area contributed by atoms with Gasteiger partial charge in [-0.1, -0.05) is 12.1 Å². The monoisotopic (exact) mass is 203 g/mol. The van der Waals surface area contributed by atoms with E-state index in [0.717, 1.165) is 0 Å². The summed E-state index contributed by atoms with van der Waals surface area (Å²) in [6.07, 6.45) is 0. The lowest BCUT2D eigenvalue weighted by Crippen LogP contribution is -2.06. The Balaban J connectivity index is 3.24. The first-order valence-corrected chi connectivity index (χ1v) is 4.28. The van der Waals surface area contributed by atoms with Crippen molar-refractivity contribution in [3.05, 3.63) is 34.4 Å². The molecule has 1 nitrogen and oxygen atoms in total. The summed E-state index contributed by atoms with van der Waals surface area (Å²) >= 11 is 0. The molecule has 0 aliphatic rings. The van der Waals surface area contributed by atoms with Gasteiger partial charge in [0.15, 0.2) is 0 Å². The van der Waals surface area contributed by atoms with Gasteiger partial charge < -0.3 is 5.73 Å². The van der Waals surface area contributed by atoms with E-state index in [1.165, 1.54) is 12.1 Å². The molecular formula is C10H12F3N. The van der Waals surface area contributed by atoms with E-state index in [0.29, 0.717) is 11.1 Å². The molecule has 0 unspecified atom stereocenters. The van der Waals surface area contributed by atoms with Crippen molar-refractivity contribution in [1.82, 2.24) is 0 Å². The Morgan fingerprint density at radius 1 is 0.929 bits per heavy atom. The van der Waals surface area contributed by atoms with Gasteiger partial charge in [-0.25, -0.2) is 13.2 Å². The molecule has 0 bridgehead atoms. The van der Waals surface area contributed by atoms with E-state index in [1.807, 2.05) is 0 Å². The fraction of sp³-hybridized carbons (Fsp3) is 0.400. The molecule has 78 valence electrons. The van der Waals surface area contributed by atoms with Gasteiger partial charge in [0.1, 0.15) is 20.0 Å².